The summed E-state index contributed by atoms with van der Waals surface area (Å²) in [6.07, 6.45) is 0. The van der Waals surface area contributed by atoms with Crippen molar-refractivity contribution in [3.8, 4) is 11.6 Å². The molecular formula is C12H10Cl2N2O. The van der Waals surface area contributed by atoms with E-state index in [0.29, 0.717) is 27.4 Å². The van der Waals surface area contributed by atoms with Crippen molar-refractivity contribution in [2.45, 2.75) is 6.54 Å². The fourth-order valence-corrected chi connectivity index (χ4v) is 1.60. The van der Waals surface area contributed by atoms with Crippen molar-refractivity contribution < 1.29 is 4.74 Å². The Morgan fingerprint density at radius 2 is 1.76 bits per heavy atom. The molecule has 1 aromatic carbocycles. The van der Waals surface area contributed by atoms with Crippen LogP contribution in [0, 0.1) is 0 Å². The number of pyridine rings is 1. The van der Waals surface area contributed by atoms with Gasteiger partial charge in [0.05, 0.1) is 10.7 Å². The lowest BCUT2D eigenvalue weighted by Gasteiger charge is -2.07. The van der Waals surface area contributed by atoms with Crippen LogP contribution in [0.15, 0.2) is 36.4 Å². The molecule has 0 amide bonds. The Hall–Kier alpha value is -1.29. The van der Waals surface area contributed by atoms with Gasteiger partial charge in [-0.15, -0.1) is 0 Å². The van der Waals surface area contributed by atoms with E-state index in [4.69, 9.17) is 33.7 Å². The Bertz CT molecular complexity index is 514. The second kappa shape index (κ2) is 5.36. The summed E-state index contributed by atoms with van der Waals surface area (Å²) in [6.45, 7) is 0.274. The van der Waals surface area contributed by atoms with Crippen molar-refractivity contribution >= 4 is 23.2 Å². The van der Waals surface area contributed by atoms with Crippen LogP contribution >= 0.6 is 23.2 Å². The first-order chi connectivity index (χ1) is 8.19. The minimum absolute atomic E-state index is 0.274. The van der Waals surface area contributed by atoms with Gasteiger partial charge in [-0.25, -0.2) is 4.98 Å². The van der Waals surface area contributed by atoms with Crippen LogP contribution in [0.3, 0.4) is 0 Å². The molecule has 0 bridgehead atoms. The minimum atomic E-state index is 0.274. The predicted molar refractivity (Wildman–Crippen MR) is 68.7 cm³/mol. The van der Waals surface area contributed by atoms with Crippen LogP contribution in [0.5, 0.6) is 11.6 Å². The molecule has 2 N–H and O–H groups in total. The lowest BCUT2D eigenvalue weighted by Crippen LogP contribution is -2.01. The van der Waals surface area contributed by atoms with Gasteiger partial charge in [0.15, 0.2) is 0 Å². The van der Waals surface area contributed by atoms with E-state index in [2.05, 4.69) is 4.98 Å². The molecule has 17 heavy (non-hydrogen) atoms. The van der Waals surface area contributed by atoms with Crippen LogP contribution in [-0.2, 0) is 6.54 Å². The standard InChI is InChI=1S/C12H10Cl2N2O/c13-8-1-3-9(4-2-8)17-12-6-5-10(14)11(7-15)16-12/h1-6H,7,15H2. The topological polar surface area (TPSA) is 48.1 Å². The number of ether oxygens (including phenoxy) is 1. The molecule has 2 rings (SSSR count). The molecule has 0 atom stereocenters. The van der Waals surface area contributed by atoms with Gasteiger partial charge in [-0.2, -0.15) is 0 Å². The molecule has 0 saturated carbocycles. The minimum Gasteiger partial charge on any atom is -0.439 e. The van der Waals surface area contributed by atoms with E-state index in [-0.39, 0.29) is 6.54 Å². The third kappa shape index (κ3) is 3.09. The Labute approximate surface area is 109 Å². The summed E-state index contributed by atoms with van der Waals surface area (Å²) in [5, 5.41) is 1.19. The summed E-state index contributed by atoms with van der Waals surface area (Å²) in [5.41, 5.74) is 6.12. The van der Waals surface area contributed by atoms with Crippen molar-refractivity contribution in [1.29, 1.82) is 0 Å². The first kappa shape index (κ1) is 12.2. The smallest absolute Gasteiger partial charge is 0.219 e. The van der Waals surface area contributed by atoms with Crippen LogP contribution in [0.1, 0.15) is 5.69 Å². The van der Waals surface area contributed by atoms with E-state index < -0.39 is 0 Å². The van der Waals surface area contributed by atoms with Crippen molar-refractivity contribution in [1.82, 2.24) is 4.98 Å². The first-order valence-corrected chi connectivity index (χ1v) is 5.73. The van der Waals surface area contributed by atoms with E-state index in [0.717, 1.165) is 0 Å². The summed E-state index contributed by atoms with van der Waals surface area (Å²) in [5.74, 6) is 1.12. The molecule has 3 nitrogen and oxygen atoms in total. The maximum atomic E-state index is 5.90. The molecule has 1 heterocycles. The highest BCUT2D eigenvalue weighted by Crippen LogP contribution is 2.24. The van der Waals surface area contributed by atoms with E-state index in [1.165, 1.54) is 0 Å². The summed E-state index contributed by atoms with van der Waals surface area (Å²) < 4.78 is 5.55. The first-order valence-electron chi connectivity index (χ1n) is 4.98. The number of nitrogens with zero attached hydrogens (tertiary/aromatic N) is 1. The molecule has 0 fully saturated rings. The number of hydrogen-bond donors (Lipinski definition) is 1. The largest absolute Gasteiger partial charge is 0.439 e. The lowest BCUT2D eigenvalue weighted by atomic mass is 10.3. The highest BCUT2D eigenvalue weighted by atomic mass is 35.5. The Kier molecular flexibility index (Phi) is 3.84. The maximum Gasteiger partial charge on any atom is 0.219 e. The van der Waals surface area contributed by atoms with Gasteiger partial charge in [-0.05, 0) is 30.3 Å². The normalized spacial score (nSPS) is 10.3. The van der Waals surface area contributed by atoms with Gasteiger partial charge in [0, 0.05) is 17.6 Å². The van der Waals surface area contributed by atoms with Gasteiger partial charge in [0.1, 0.15) is 5.75 Å². The van der Waals surface area contributed by atoms with Gasteiger partial charge in [0.25, 0.3) is 0 Å². The second-order valence-electron chi connectivity index (χ2n) is 3.34. The van der Waals surface area contributed by atoms with E-state index in [1.807, 2.05) is 0 Å². The fraction of sp³-hybridized carbons (Fsp3) is 0.0833. The van der Waals surface area contributed by atoms with Gasteiger partial charge in [-0.1, -0.05) is 23.2 Å². The van der Waals surface area contributed by atoms with Gasteiger partial charge in [0.2, 0.25) is 5.88 Å². The van der Waals surface area contributed by atoms with E-state index >= 15 is 0 Å². The molecule has 0 spiro atoms. The summed E-state index contributed by atoms with van der Waals surface area (Å²) in [4.78, 5) is 4.20. The fourth-order valence-electron chi connectivity index (χ4n) is 1.29. The molecule has 0 saturated heterocycles. The molecule has 5 heteroatoms. The Morgan fingerprint density at radius 1 is 1.06 bits per heavy atom. The Morgan fingerprint density at radius 3 is 2.41 bits per heavy atom. The third-order valence-electron chi connectivity index (χ3n) is 2.12. The molecule has 0 radical (unpaired) electrons. The number of benzene rings is 1. The molecule has 1 aromatic heterocycles. The van der Waals surface area contributed by atoms with Crippen molar-refractivity contribution in [3.63, 3.8) is 0 Å². The Balaban J connectivity index is 2.21. The van der Waals surface area contributed by atoms with E-state index in [9.17, 15) is 0 Å². The quantitative estimate of drug-likeness (QED) is 0.925. The molecular weight excluding hydrogens is 259 g/mol. The maximum absolute atomic E-state index is 5.90. The second-order valence-corrected chi connectivity index (χ2v) is 4.18. The third-order valence-corrected chi connectivity index (χ3v) is 2.72. The van der Waals surface area contributed by atoms with Gasteiger partial charge < -0.3 is 10.5 Å². The van der Waals surface area contributed by atoms with Crippen molar-refractivity contribution in [3.05, 3.63) is 52.1 Å². The molecule has 0 unspecified atom stereocenters. The number of nitrogens with two attached hydrogens (primary N) is 1. The molecule has 0 aliphatic rings. The monoisotopic (exact) mass is 268 g/mol. The van der Waals surface area contributed by atoms with Gasteiger partial charge in [-0.3, -0.25) is 0 Å². The van der Waals surface area contributed by atoms with Crippen molar-refractivity contribution in [2.75, 3.05) is 0 Å². The zero-order valence-corrected chi connectivity index (χ0v) is 10.4. The zero-order valence-electron chi connectivity index (χ0n) is 8.86. The number of hydrogen-bond acceptors (Lipinski definition) is 3. The highest BCUT2D eigenvalue weighted by Gasteiger charge is 2.04. The van der Waals surface area contributed by atoms with Crippen LogP contribution < -0.4 is 10.5 Å². The molecule has 0 aliphatic carbocycles. The molecule has 0 aliphatic heterocycles. The van der Waals surface area contributed by atoms with Crippen molar-refractivity contribution in [2.24, 2.45) is 5.73 Å². The predicted octanol–water partition coefficient (Wildman–Crippen LogP) is 3.64. The van der Waals surface area contributed by atoms with Crippen LogP contribution in [0.4, 0.5) is 0 Å². The summed E-state index contributed by atoms with van der Waals surface area (Å²) in [7, 11) is 0. The van der Waals surface area contributed by atoms with Gasteiger partial charge >= 0.3 is 0 Å². The average molecular weight is 269 g/mol. The highest BCUT2D eigenvalue weighted by molar-refractivity contribution is 6.31. The number of rotatable bonds is 3. The van der Waals surface area contributed by atoms with E-state index in [1.54, 1.807) is 36.4 Å². The molecule has 2 aromatic rings. The number of halogens is 2. The zero-order chi connectivity index (χ0) is 12.3. The van der Waals surface area contributed by atoms with Crippen LogP contribution in [0.2, 0.25) is 10.0 Å². The lowest BCUT2D eigenvalue weighted by molar-refractivity contribution is 0.461. The average Bonchev–Trinajstić information content (AvgIpc) is 2.34. The van der Waals surface area contributed by atoms with Crippen LogP contribution in [-0.4, -0.2) is 4.98 Å². The number of aromatic nitrogens is 1. The summed E-state index contributed by atoms with van der Waals surface area (Å²) >= 11 is 11.7. The van der Waals surface area contributed by atoms with Crippen LogP contribution in [0.25, 0.3) is 0 Å². The molecule has 88 valence electrons. The summed E-state index contributed by atoms with van der Waals surface area (Å²) in [6, 6.07) is 10.4. The SMILES string of the molecule is NCc1nc(Oc2ccc(Cl)cc2)ccc1Cl.